The number of ether oxygens (including phenoxy) is 1. The lowest BCUT2D eigenvalue weighted by Crippen LogP contribution is -2.54. The van der Waals surface area contributed by atoms with Gasteiger partial charge >= 0.3 is 0 Å². The van der Waals surface area contributed by atoms with E-state index in [0.717, 1.165) is 0 Å². The Hall–Kier alpha value is -2.98. The van der Waals surface area contributed by atoms with E-state index in [2.05, 4.69) is 4.72 Å². The number of nitrogens with one attached hydrogen (secondary N) is 1. The summed E-state index contributed by atoms with van der Waals surface area (Å²) in [5, 5.41) is 0.656. The lowest BCUT2D eigenvalue weighted by atomic mass is 9.96. The van der Waals surface area contributed by atoms with Crippen LogP contribution in [-0.4, -0.2) is 37.8 Å². The van der Waals surface area contributed by atoms with E-state index in [-0.39, 0.29) is 22.0 Å². The van der Waals surface area contributed by atoms with Gasteiger partial charge in [-0.25, -0.2) is 17.5 Å². The van der Waals surface area contributed by atoms with Crippen LogP contribution in [0.5, 0.6) is 0 Å². The number of hydrogen-bond acceptors (Lipinski definition) is 5. The van der Waals surface area contributed by atoms with Crippen LogP contribution in [0, 0.1) is 12.7 Å². The minimum Gasteiger partial charge on any atom is -0.356 e. The molecular weight excluding hydrogens is 530 g/mol. The number of carbonyl (C=O) groups excluding carboxylic acids is 2. The third-order valence-corrected chi connectivity index (χ3v) is 7.94. The molecule has 3 aromatic rings. The highest BCUT2D eigenvalue weighted by Gasteiger charge is 2.43. The Morgan fingerprint density at radius 1 is 1.11 bits per heavy atom. The highest BCUT2D eigenvalue weighted by atomic mass is 35.5. The van der Waals surface area contributed by atoms with Gasteiger partial charge in [0.25, 0.3) is 15.9 Å². The number of halogens is 3. The van der Waals surface area contributed by atoms with Crippen molar-refractivity contribution in [1.29, 1.82) is 0 Å². The first kappa shape index (κ1) is 26.1. The lowest BCUT2D eigenvalue weighted by molar-refractivity contribution is -0.164. The molecule has 0 aromatic heterocycles. The van der Waals surface area contributed by atoms with E-state index in [9.17, 15) is 22.4 Å². The monoisotopic (exact) mass is 550 g/mol. The van der Waals surface area contributed by atoms with E-state index < -0.39 is 46.4 Å². The van der Waals surface area contributed by atoms with Crippen LogP contribution in [0.15, 0.2) is 71.6 Å². The van der Waals surface area contributed by atoms with Gasteiger partial charge in [-0.2, -0.15) is 0 Å². The zero-order valence-corrected chi connectivity index (χ0v) is 21.3. The maximum absolute atomic E-state index is 13.8. The summed E-state index contributed by atoms with van der Waals surface area (Å²) < 4.78 is 47.5. The maximum atomic E-state index is 13.8. The van der Waals surface area contributed by atoms with Crippen molar-refractivity contribution in [3.8, 4) is 0 Å². The molecule has 0 unspecified atom stereocenters. The molecule has 2 atom stereocenters. The Balaban J connectivity index is 1.70. The zero-order chi connectivity index (χ0) is 26.0. The van der Waals surface area contributed by atoms with Crippen LogP contribution in [0.25, 0.3) is 0 Å². The largest absolute Gasteiger partial charge is 0.356 e. The van der Waals surface area contributed by atoms with E-state index in [0.29, 0.717) is 16.1 Å². The SMILES string of the molecule is Cc1c(Cl)cccc1S(=O)(=O)NC(=O)[C@@H]1OCC(=O)N(Cc2cccc(F)c2)[C@@H]1c1ccc(Cl)cc1. The molecule has 1 heterocycles. The summed E-state index contributed by atoms with van der Waals surface area (Å²) in [6.45, 7) is 1.03. The summed E-state index contributed by atoms with van der Waals surface area (Å²) >= 11 is 12.1. The predicted octanol–water partition coefficient (Wildman–Crippen LogP) is 4.41. The number of nitrogens with zero attached hydrogens (tertiary/aromatic N) is 1. The quantitative estimate of drug-likeness (QED) is 0.490. The molecule has 0 saturated carbocycles. The van der Waals surface area contributed by atoms with E-state index in [1.54, 1.807) is 30.3 Å². The van der Waals surface area contributed by atoms with Crippen molar-refractivity contribution in [3.05, 3.63) is 99.3 Å². The Kier molecular flexibility index (Phi) is 7.65. The Bertz CT molecular complexity index is 1420. The van der Waals surface area contributed by atoms with Crippen molar-refractivity contribution in [3.63, 3.8) is 0 Å². The second-order valence-electron chi connectivity index (χ2n) is 8.21. The van der Waals surface area contributed by atoms with Gasteiger partial charge in [-0.3, -0.25) is 9.59 Å². The second kappa shape index (κ2) is 10.6. The highest BCUT2D eigenvalue weighted by molar-refractivity contribution is 7.90. The number of sulfonamides is 1. The smallest absolute Gasteiger partial charge is 0.265 e. The Labute approximate surface area is 217 Å². The molecule has 4 rings (SSSR count). The van der Waals surface area contributed by atoms with Gasteiger partial charge in [-0.15, -0.1) is 0 Å². The van der Waals surface area contributed by atoms with Gasteiger partial charge < -0.3 is 9.64 Å². The maximum Gasteiger partial charge on any atom is 0.265 e. The van der Waals surface area contributed by atoms with E-state index in [4.69, 9.17) is 27.9 Å². The first-order valence-corrected chi connectivity index (χ1v) is 13.0. The van der Waals surface area contributed by atoms with Gasteiger partial charge in [0, 0.05) is 16.6 Å². The van der Waals surface area contributed by atoms with Crippen LogP contribution in [-0.2, 0) is 30.9 Å². The fourth-order valence-electron chi connectivity index (χ4n) is 4.03. The topological polar surface area (TPSA) is 92.8 Å². The summed E-state index contributed by atoms with van der Waals surface area (Å²) in [6.07, 6.45) is -1.38. The van der Waals surface area contributed by atoms with Crippen molar-refractivity contribution < 1.29 is 27.1 Å². The van der Waals surface area contributed by atoms with Gasteiger partial charge in [0.1, 0.15) is 12.4 Å². The first-order chi connectivity index (χ1) is 17.1. The molecule has 0 radical (unpaired) electrons. The average Bonchev–Trinajstić information content (AvgIpc) is 2.82. The molecule has 188 valence electrons. The van der Waals surface area contributed by atoms with Crippen molar-refractivity contribution in [2.24, 2.45) is 0 Å². The molecule has 1 saturated heterocycles. The zero-order valence-electron chi connectivity index (χ0n) is 19.0. The third kappa shape index (κ3) is 5.54. The molecule has 11 heteroatoms. The molecule has 0 aliphatic carbocycles. The van der Waals surface area contributed by atoms with Gasteiger partial charge in [0.2, 0.25) is 5.91 Å². The third-order valence-electron chi connectivity index (χ3n) is 5.78. The molecule has 1 aliphatic heterocycles. The van der Waals surface area contributed by atoms with Crippen LogP contribution in [0.1, 0.15) is 22.7 Å². The van der Waals surface area contributed by atoms with Crippen LogP contribution in [0.3, 0.4) is 0 Å². The van der Waals surface area contributed by atoms with Crippen molar-refractivity contribution in [2.75, 3.05) is 6.61 Å². The molecule has 3 aromatic carbocycles. The summed E-state index contributed by atoms with van der Waals surface area (Å²) in [5.74, 6) is -1.89. The fourth-order valence-corrected chi connectivity index (χ4v) is 5.65. The van der Waals surface area contributed by atoms with Crippen LogP contribution >= 0.6 is 23.2 Å². The number of benzene rings is 3. The number of carbonyl (C=O) groups is 2. The number of amides is 2. The number of rotatable bonds is 6. The number of hydrogen-bond donors (Lipinski definition) is 1. The molecule has 7 nitrogen and oxygen atoms in total. The van der Waals surface area contributed by atoms with Gasteiger partial charge in [-0.05, 0) is 60.0 Å². The first-order valence-electron chi connectivity index (χ1n) is 10.8. The van der Waals surface area contributed by atoms with Crippen LogP contribution in [0.2, 0.25) is 10.0 Å². The van der Waals surface area contributed by atoms with Crippen LogP contribution in [0.4, 0.5) is 4.39 Å². The molecule has 0 spiro atoms. The molecular formula is C25H21Cl2FN2O5S. The fraction of sp³-hybridized carbons (Fsp3) is 0.200. The second-order valence-corrected chi connectivity index (χ2v) is 10.7. The number of morpholine rings is 1. The Morgan fingerprint density at radius 3 is 2.50 bits per heavy atom. The molecule has 36 heavy (non-hydrogen) atoms. The molecule has 1 fully saturated rings. The normalized spacial score (nSPS) is 18.2. The van der Waals surface area contributed by atoms with E-state index in [1.165, 1.54) is 48.2 Å². The van der Waals surface area contributed by atoms with Gasteiger partial charge in [0.15, 0.2) is 6.10 Å². The van der Waals surface area contributed by atoms with Crippen LogP contribution < -0.4 is 4.72 Å². The van der Waals surface area contributed by atoms with Crippen molar-refractivity contribution in [2.45, 2.75) is 30.5 Å². The predicted molar refractivity (Wildman–Crippen MR) is 132 cm³/mol. The lowest BCUT2D eigenvalue weighted by Gasteiger charge is -2.40. The van der Waals surface area contributed by atoms with Crippen molar-refractivity contribution >= 4 is 45.0 Å². The molecule has 1 N–H and O–H groups in total. The minimum atomic E-state index is -4.31. The van der Waals surface area contributed by atoms with Gasteiger partial charge in [-0.1, -0.05) is 53.5 Å². The molecule has 1 aliphatic rings. The highest BCUT2D eigenvalue weighted by Crippen LogP contribution is 2.33. The summed E-state index contributed by atoms with van der Waals surface area (Å²) in [7, 11) is -4.31. The van der Waals surface area contributed by atoms with E-state index in [1.807, 2.05) is 0 Å². The standard InChI is InChI=1S/C25H21Cl2FN2O5S/c1-15-20(27)6-3-7-21(15)36(33,34)29-25(32)24-23(17-8-10-18(26)11-9-17)30(22(31)14-35-24)13-16-4-2-5-19(28)12-16/h2-12,23-24H,13-14H2,1H3,(H,29,32)/t23-,24-/m1/s1. The average molecular weight is 551 g/mol. The summed E-state index contributed by atoms with van der Waals surface area (Å²) in [4.78, 5) is 27.4. The van der Waals surface area contributed by atoms with Crippen molar-refractivity contribution in [1.82, 2.24) is 9.62 Å². The summed E-state index contributed by atoms with van der Waals surface area (Å²) in [5.41, 5.74) is 1.26. The Morgan fingerprint density at radius 2 is 1.81 bits per heavy atom. The minimum absolute atomic E-state index is 0.0306. The summed E-state index contributed by atoms with van der Waals surface area (Å²) in [6, 6.07) is 15.4. The van der Waals surface area contributed by atoms with Gasteiger partial charge in [0.05, 0.1) is 10.9 Å². The molecule has 2 amide bonds. The molecule has 0 bridgehead atoms. The van der Waals surface area contributed by atoms with E-state index >= 15 is 0 Å².